The number of carboxylic acid groups (broad SMARTS) is 1. The minimum absolute atomic E-state index is 0.323. The van der Waals surface area contributed by atoms with Crippen LogP contribution in [-0.2, 0) is 11.2 Å². The maximum Gasteiger partial charge on any atom is 0.312 e. The van der Waals surface area contributed by atoms with E-state index in [4.69, 9.17) is 23.2 Å². The molecule has 0 spiro atoms. The van der Waals surface area contributed by atoms with Crippen molar-refractivity contribution in [2.75, 3.05) is 0 Å². The average Bonchev–Trinajstić information content (AvgIpc) is 2.39. The summed E-state index contributed by atoms with van der Waals surface area (Å²) >= 11 is 11.8. The van der Waals surface area contributed by atoms with Gasteiger partial charge in [-0.1, -0.05) is 35.3 Å². The third-order valence-corrected chi connectivity index (χ3v) is 3.34. The van der Waals surface area contributed by atoms with Gasteiger partial charge in [-0.25, -0.2) is 0 Å². The number of halogens is 2. The van der Waals surface area contributed by atoms with Crippen LogP contribution in [0, 0.1) is 0 Å². The second kappa shape index (κ2) is 6.04. The van der Waals surface area contributed by atoms with Gasteiger partial charge >= 0.3 is 5.97 Å². The molecule has 0 amide bonds. The maximum absolute atomic E-state index is 11.4. The van der Waals surface area contributed by atoms with E-state index in [0.29, 0.717) is 22.2 Å². The summed E-state index contributed by atoms with van der Waals surface area (Å²) in [6.45, 7) is 0. The third kappa shape index (κ3) is 3.46. The summed E-state index contributed by atoms with van der Waals surface area (Å²) in [5.74, 6) is -1.72. The van der Waals surface area contributed by atoms with E-state index >= 15 is 0 Å². The zero-order chi connectivity index (χ0) is 13.8. The number of pyridine rings is 1. The van der Waals surface area contributed by atoms with E-state index in [1.807, 2.05) is 0 Å². The van der Waals surface area contributed by atoms with Gasteiger partial charge in [0.15, 0.2) is 0 Å². The predicted octanol–water partition coefficient (Wildman–Crippen LogP) is 3.80. The predicted molar refractivity (Wildman–Crippen MR) is 74.8 cm³/mol. The van der Waals surface area contributed by atoms with Crippen LogP contribution in [0.4, 0.5) is 0 Å². The van der Waals surface area contributed by atoms with Crippen molar-refractivity contribution in [3.63, 3.8) is 0 Å². The molecule has 0 aliphatic rings. The van der Waals surface area contributed by atoms with Gasteiger partial charge in [-0.05, 0) is 36.2 Å². The second-order valence-corrected chi connectivity index (χ2v) is 4.94. The third-order valence-electron chi connectivity index (χ3n) is 2.77. The molecule has 19 heavy (non-hydrogen) atoms. The van der Waals surface area contributed by atoms with Crippen LogP contribution in [0.2, 0.25) is 10.0 Å². The van der Waals surface area contributed by atoms with Crippen LogP contribution in [0.1, 0.15) is 17.2 Å². The average molecular weight is 296 g/mol. The second-order valence-electron chi connectivity index (χ2n) is 4.09. The van der Waals surface area contributed by atoms with E-state index < -0.39 is 11.9 Å². The van der Waals surface area contributed by atoms with Crippen molar-refractivity contribution in [1.29, 1.82) is 0 Å². The van der Waals surface area contributed by atoms with Crippen molar-refractivity contribution in [2.45, 2.75) is 12.3 Å². The molecule has 1 unspecified atom stereocenters. The van der Waals surface area contributed by atoms with Gasteiger partial charge in [0.05, 0.1) is 10.7 Å². The van der Waals surface area contributed by atoms with E-state index in [-0.39, 0.29) is 0 Å². The van der Waals surface area contributed by atoms with E-state index in [0.717, 1.165) is 5.56 Å². The molecule has 5 heteroatoms. The normalized spacial score (nSPS) is 12.1. The van der Waals surface area contributed by atoms with E-state index in [2.05, 4.69) is 4.98 Å². The number of benzene rings is 1. The lowest BCUT2D eigenvalue weighted by molar-refractivity contribution is -0.138. The largest absolute Gasteiger partial charge is 0.481 e. The quantitative estimate of drug-likeness (QED) is 0.933. The van der Waals surface area contributed by atoms with Gasteiger partial charge in [-0.2, -0.15) is 0 Å². The Morgan fingerprint density at radius 2 is 1.89 bits per heavy atom. The molecule has 1 aromatic heterocycles. The highest BCUT2D eigenvalue weighted by Crippen LogP contribution is 2.26. The molecule has 2 rings (SSSR count). The molecule has 0 saturated carbocycles. The number of nitrogens with zero attached hydrogens (tertiary/aromatic N) is 1. The Kier molecular flexibility index (Phi) is 4.40. The highest BCUT2D eigenvalue weighted by Gasteiger charge is 2.24. The molecule has 1 atom stereocenters. The molecular weight excluding hydrogens is 285 g/mol. The lowest BCUT2D eigenvalue weighted by Gasteiger charge is -2.13. The molecule has 0 aliphatic carbocycles. The molecule has 0 bridgehead atoms. The number of carbonyl (C=O) groups is 1. The number of hydrogen-bond donors (Lipinski definition) is 1. The lowest BCUT2D eigenvalue weighted by Crippen LogP contribution is -2.16. The van der Waals surface area contributed by atoms with E-state index in [9.17, 15) is 9.90 Å². The lowest BCUT2D eigenvalue weighted by atomic mass is 9.96. The fraction of sp³-hybridized carbons (Fsp3) is 0.143. The first kappa shape index (κ1) is 13.8. The first-order valence-electron chi connectivity index (χ1n) is 5.65. The summed E-state index contributed by atoms with van der Waals surface area (Å²) in [5, 5.41) is 10.3. The number of rotatable bonds is 4. The Morgan fingerprint density at radius 3 is 2.47 bits per heavy atom. The van der Waals surface area contributed by atoms with Gasteiger partial charge in [0.1, 0.15) is 5.92 Å². The summed E-state index contributed by atoms with van der Waals surface area (Å²) in [7, 11) is 0. The van der Waals surface area contributed by atoms with Crippen LogP contribution < -0.4 is 0 Å². The summed E-state index contributed by atoms with van der Waals surface area (Å²) in [6, 6.07) is 10.4. The Hall–Kier alpha value is -1.58. The molecule has 0 radical (unpaired) electrons. The van der Waals surface area contributed by atoms with Crippen LogP contribution >= 0.6 is 23.2 Å². The van der Waals surface area contributed by atoms with Crippen LogP contribution in [-0.4, -0.2) is 16.1 Å². The Labute approximate surface area is 120 Å². The number of aromatic nitrogens is 1. The minimum Gasteiger partial charge on any atom is -0.481 e. The van der Waals surface area contributed by atoms with Crippen LogP contribution in [0.25, 0.3) is 0 Å². The SMILES string of the molecule is O=C(O)C(Cc1ccc(Cl)cc1)c1ncccc1Cl. The Balaban J connectivity index is 2.29. The highest BCUT2D eigenvalue weighted by atomic mass is 35.5. The first-order valence-corrected chi connectivity index (χ1v) is 6.41. The zero-order valence-corrected chi connectivity index (χ0v) is 11.4. The topological polar surface area (TPSA) is 50.2 Å². The van der Waals surface area contributed by atoms with Crippen molar-refractivity contribution in [3.05, 3.63) is 63.9 Å². The number of carboxylic acids is 1. The molecule has 1 heterocycles. The van der Waals surface area contributed by atoms with Crippen molar-refractivity contribution in [2.24, 2.45) is 0 Å². The van der Waals surface area contributed by atoms with Crippen LogP contribution in [0.5, 0.6) is 0 Å². The molecule has 1 N–H and O–H groups in total. The van der Waals surface area contributed by atoms with Gasteiger partial charge in [-0.15, -0.1) is 0 Å². The van der Waals surface area contributed by atoms with Crippen molar-refractivity contribution < 1.29 is 9.90 Å². The smallest absolute Gasteiger partial charge is 0.312 e. The molecule has 0 saturated heterocycles. The van der Waals surface area contributed by atoms with Crippen molar-refractivity contribution in [3.8, 4) is 0 Å². The molecule has 0 aliphatic heterocycles. The summed E-state index contributed by atoms with van der Waals surface area (Å²) in [5.41, 5.74) is 1.25. The van der Waals surface area contributed by atoms with E-state index in [1.165, 1.54) is 0 Å². The molecular formula is C14H11Cl2NO2. The van der Waals surface area contributed by atoms with Crippen molar-refractivity contribution >= 4 is 29.2 Å². The van der Waals surface area contributed by atoms with Crippen molar-refractivity contribution in [1.82, 2.24) is 4.98 Å². The number of aliphatic carboxylic acids is 1. The van der Waals surface area contributed by atoms with Gasteiger partial charge in [0.25, 0.3) is 0 Å². The van der Waals surface area contributed by atoms with Gasteiger partial charge in [0, 0.05) is 11.2 Å². The summed E-state index contributed by atoms with van der Waals surface area (Å²) in [4.78, 5) is 15.5. The summed E-state index contributed by atoms with van der Waals surface area (Å²) in [6.07, 6.45) is 1.86. The van der Waals surface area contributed by atoms with Gasteiger partial charge in [-0.3, -0.25) is 9.78 Å². The molecule has 1 aromatic carbocycles. The van der Waals surface area contributed by atoms with Crippen LogP contribution in [0.15, 0.2) is 42.6 Å². The molecule has 0 fully saturated rings. The van der Waals surface area contributed by atoms with Crippen LogP contribution in [0.3, 0.4) is 0 Å². The van der Waals surface area contributed by atoms with Gasteiger partial charge < -0.3 is 5.11 Å². The summed E-state index contributed by atoms with van der Waals surface area (Å²) < 4.78 is 0. The fourth-order valence-electron chi connectivity index (χ4n) is 1.81. The number of hydrogen-bond acceptors (Lipinski definition) is 2. The molecule has 3 nitrogen and oxygen atoms in total. The fourth-order valence-corrected chi connectivity index (χ4v) is 2.19. The maximum atomic E-state index is 11.4. The monoisotopic (exact) mass is 295 g/mol. The van der Waals surface area contributed by atoms with Gasteiger partial charge in [0.2, 0.25) is 0 Å². The Bertz CT molecular complexity index is 584. The highest BCUT2D eigenvalue weighted by molar-refractivity contribution is 6.31. The Morgan fingerprint density at radius 1 is 1.21 bits per heavy atom. The molecule has 2 aromatic rings. The minimum atomic E-state index is -0.949. The first-order chi connectivity index (χ1) is 9.08. The van der Waals surface area contributed by atoms with E-state index in [1.54, 1.807) is 42.6 Å². The standard InChI is InChI=1S/C14H11Cl2NO2/c15-10-5-3-9(4-6-10)8-11(14(18)19)13-12(16)2-1-7-17-13/h1-7,11H,8H2,(H,18,19). The zero-order valence-electron chi connectivity index (χ0n) is 9.88. The molecule has 98 valence electrons.